The van der Waals surface area contributed by atoms with E-state index >= 15 is 0 Å². The first-order valence-electron chi connectivity index (χ1n) is 11.3. The number of thiazole rings is 1. The fourth-order valence-corrected chi connectivity index (χ4v) is 4.93. The van der Waals surface area contributed by atoms with Crippen LogP contribution in [0.4, 0.5) is 0 Å². The van der Waals surface area contributed by atoms with E-state index in [4.69, 9.17) is 21.3 Å². The van der Waals surface area contributed by atoms with Gasteiger partial charge in [0.1, 0.15) is 17.4 Å². The maximum Gasteiger partial charge on any atom is 0.255 e. The van der Waals surface area contributed by atoms with Gasteiger partial charge in [0.15, 0.2) is 0 Å². The van der Waals surface area contributed by atoms with Crippen LogP contribution in [-0.2, 0) is 13.2 Å². The van der Waals surface area contributed by atoms with Crippen molar-refractivity contribution >= 4 is 28.8 Å². The first-order chi connectivity index (χ1) is 15.4. The van der Waals surface area contributed by atoms with E-state index in [-0.39, 0.29) is 5.91 Å². The highest BCUT2D eigenvalue weighted by molar-refractivity contribution is 7.09. The number of nitrogens with zero attached hydrogens (tertiary/aromatic N) is 3. The Labute approximate surface area is 199 Å². The number of rotatable bonds is 8. The van der Waals surface area contributed by atoms with Gasteiger partial charge in [0, 0.05) is 30.7 Å². The predicted octanol–water partition coefficient (Wildman–Crippen LogP) is 6.43. The third-order valence-electron chi connectivity index (χ3n) is 5.92. The number of benzene rings is 1. The summed E-state index contributed by atoms with van der Waals surface area (Å²) in [5.41, 5.74) is 3.72. The molecule has 0 radical (unpaired) electrons. The molecule has 1 fully saturated rings. The lowest BCUT2D eigenvalue weighted by molar-refractivity contribution is 0.0792. The van der Waals surface area contributed by atoms with Crippen molar-refractivity contribution in [1.29, 1.82) is 0 Å². The quantitative estimate of drug-likeness (QED) is 0.380. The second-order valence-corrected chi connectivity index (χ2v) is 10.1. The molecule has 4 rings (SSSR count). The molecule has 1 aliphatic rings. The Morgan fingerprint density at radius 2 is 2.00 bits per heavy atom. The summed E-state index contributed by atoms with van der Waals surface area (Å²) in [7, 11) is 0. The zero-order valence-electron chi connectivity index (χ0n) is 18.9. The number of carbonyl (C=O) groups is 1. The van der Waals surface area contributed by atoms with Gasteiger partial charge in [-0.1, -0.05) is 37.6 Å². The molecule has 1 amide bonds. The van der Waals surface area contributed by atoms with E-state index in [2.05, 4.69) is 30.7 Å². The van der Waals surface area contributed by atoms with E-state index in [0.717, 1.165) is 66.5 Å². The number of ether oxygens (including phenoxy) is 1. The van der Waals surface area contributed by atoms with Crippen LogP contribution >= 0.6 is 22.9 Å². The van der Waals surface area contributed by atoms with Crippen molar-refractivity contribution in [3.05, 3.63) is 57.0 Å². The maximum atomic E-state index is 13.2. The van der Waals surface area contributed by atoms with Gasteiger partial charge in [0.25, 0.3) is 5.91 Å². The number of halogens is 1. The van der Waals surface area contributed by atoms with Crippen molar-refractivity contribution in [2.75, 3.05) is 13.1 Å². The molecule has 1 saturated heterocycles. The maximum absolute atomic E-state index is 13.2. The molecule has 0 spiro atoms. The molecule has 0 aliphatic carbocycles. The fraction of sp³-hybridized carbons (Fsp3) is 0.440. The molecule has 1 aromatic carbocycles. The molecule has 0 N–H and O–H groups in total. The van der Waals surface area contributed by atoms with E-state index in [0.29, 0.717) is 23.3 Å². The fourth-order valence-electron chi connectivity index (χ4n) is 4.04. The van der Waals surface area contributed by atoms with Crippen LogP contribution in [0.15, 0.2) is 35.7 Å². The molecular weight excluding hydrogens is 442 g/mol. The normalized spacial score (nSPS) is 13.8. The Morgan fingerprint density at radius 1 is 1.25 bits per heavy atom. The zero-order chi connectivity index (χ0) is 22.7. The first kappa shape index (κ1) is 22.9. The third-order valence-corrected chi connectivity index (χ3v) is 7.06. The highest BCUT2D eigenvalue weighted by Crippen LogP contribution is 2.30. The van der Waals surface area contributed by atoms with Crippen LogP contribution in [0.25, 0.3) is 11.4 Å². The summed E-state index contributed by atoms with van der Waals surface area (Å²) in [6.45, 7) is 9.44. The summed E-state index contributed by atoms with van der Waals surface area (Å²) in [5, 5.41) is 3.52. The first-order valence-corrected chi connectivity index (χ1v) is 12.5. The van der Waals surface area contributed by atoms with E-state index in [1.165, 1.54) is 0 Å². The molecule has 0 saturated carbocycles. The average molecular weight is 472 g/mol. The second kappa shape index (κ2) is 10.1. The summed E-state index contributed by atoms with van der Waals surface area (Å²) >= 11 is 7.76. The van der Waals surface area contributed by atoms with E-state index in [9.17, 15) is 4.79 Å². The Kier molecular flexibility index (Phi) is 7.21. The van der Waals surface area contributed by atoms with Crippen molar-refractivity contribution in [2.24, 2.45) is 5.92 Å². The lowest BCUT2D eigenvalue weighted by atomic mass is 10.1. The molecule has 32 heavy (non-hydrogen) atoms. The lowest BCUT2D eigenvalue weighted by Gasteiger charge is -2.16. The molecule has 7 heteroatoms. The van der Waals surface area contributed by atoms with Crippen LogP contribution < -0.4 is 4.74 Å². The minimum absolute atomic E-state index is 0.141. The van der Waals surface area contributed by atoms with E-state index in [1.807, 2.05) is 35.2 Å². The standard InChI is InChI=1S/C25H30ClN3O2S/c1-17(2)10-13-29-18(3)19(25(30)28-11-6-7-12-28)14-22(29)21-16-32-24(27-21)15-31-23-9-5-4-8-20(23)26/h4-5,8-9,14,16-17H,6-7,10-13,15H2,1-3H3. The summed E-state index contributed by atoms with van der Waals surface area (Å²) in [4.78, 5) is 20.0. The van der Waals surface area contributed by atoms with Crippen molar-refractivity contribution < 1.29 is 9.53 Å². The number of carbonyl (C=O) groups excluding carboxylic acids is 1. The molecule has 3 heterocycles. The third kappa shape index (κ3) is 5.02. The molecular formula is C25H30ClN3O2S. The molecule has 1 aliphatic heterocycles. The second-order valence-electron chi connectivity index (χ2n) is 8.71. The number of amides is 1. The zero-order valence-corrected chi connectivity index (χ0v) is 20.5. The van der Waals surface area contributed by atoms with Gasteiger partial charge in [0.2, 0.25) is 0 Å². The molecule has 3 aromatic rings. The Morgan fingerprint density at radius 3 is 2.72 bits per heavy atom. The van der Waals surface area contributed by atoms with Crippen LogP contribution in [0.5, 0.6) is 5.75 Å². The van der Waals surface area contributed by atoms with Crippen LogP contribution in [0.3, 0.4) is 0 Å². The smallest absolute Gasteiger partial charge is 0.255 e. The average Bonchev–Trinajstić information content (AvgIpc) is 3.52. The molecule has 0 unspecified atom stereocenters. The summed E-state index contributed by atoms with van der Waals surface area (Å²) < 4.78 is 8.13. The van der Waals surface area contributed by atoms with Gasteiger partial charge in [0.05, 0.1) is 22.0 Å². The summed E-state index contributed by atoms with van der Waals surface area (Å²) in [6.07, 6.45) is 3.23. The van der Waals surface area contributed by atoms with Gasteiger partial charge in [-0.05, 0) is 50.3 Å². The Hall–Kier alpha value is -2.31. The molecule has 0 atom stereocenters. The number of likely N-dealkylation sites (tertiary alicyclic amines) is 1. The van der Waals surface area contributed by atoms with Crippen molar-refractivity contribution in [1.82, 2.24) is 14.5 Å². The van der Waals surface area contributed by atoms with Crippen molar-refractivity contribution in [3.63, 3.8) is 0 Å². The van der Waals surface area contributed by atoms with E-state index < -0.39 is 0 Å². The Bertz CT molecular complexity index is 1080. The van der Waals surface area contributed by atoms with E-state index in [1.54, 1.807) is 11.3 Å². The molecule has 5 nitrogen and oxygen atoms in total. The number of aromatic nitrogens is 2. The van der Waals surface area contributed by atoms with Crippen LogP contribution in [-0.4, -0.2) is 33.4 Å². The minimum atomic E-state index is 0.141. The summed E-state index contributed by atoms with van der Waals surface area (Å²) in [6, 6.07) is 9.48. The highest BCUT2D eigenvalue weighted by atomic mass is 35.5. The number of hydrogen-bond acceptors (Lipinski definition) is 4. The lowest BCUT2D eigenvalue weighted by Crippen LogP contribution is -2.28. The summed E-state index contributed by atoms with van der Waals surface area (Å²) in [5.74, 6) is 1.38. The number of para-hydroxylation sites is 1. The van der Waals surface area contributed by atoms with Crippen LogP contribution in [0.2, 0.25) is 5.02 Å². The highest BCUT2D eigenvalue weighted by Gasteiger charge is 2.25. The van der Waals surface area contributed by atoms with Crippen LogP contribution in [0, 0.1) is 12.8 Å². The predicted molar refractivity (Wildman–Crippen MR) is 131 cm³/mol. The van der Waals surface area contributed by atoms with Gasteiger partial charge in [-0.2, -0.15) is 0 Å². The van der Waals surface area contributed by atoms with Crippen molar-refractivity contribution in [2.45, 2.75) is 53.2 Å². The SMILES string of the molecule is Cc1c(C(=O)N2CCCC2)cc(-c2csc(COc3ccccc3Cl)n2)n1CCC(C)C. The molecule has 170 valence electrons. The van der Waals surface area contributed by atoms with Crippen LogP contribution in [0.1, 0.15) is 54.2 Å². The number of hydrogen-bond donors (Lipinski definition) is 0. The monoisotopic (exact) mass is 471 g/mol. The largest absolute Gasteiger partial charge is 0.485 e. The minimum Gasteiger partial charge on any atom is -0.485 e. The topological polar surface area (TPSA) is 47.4 Å². The van der Waals surface area contributed by atoms with Gasteiger partial charge < -0.3 is 14.2 Å². The van der Waals surface area contributed by atoms with Gasteiger partial charge in [-0.25, -0.2) is 4.98 Å². The van der Waals surface area contributed by atoms with Gasteiger partial charge in [-0.15, -0.1) is 11.3 Å². The van der Waals surface area contributed by atoms with Crippen molar-refractivity contribution in [3.8, 4) is 17.1 Å². The Balaban J connectivity index is 1.59. The van der Waals surface area contributed by atoms with Gasteiger partial charge in [-0.3, -0.25) is 4.79 Å². The molecule has 2 aromatic heterocycles. The molecule has 0 bridgehead atoms. The van der Waals surface area contributed by atoms with Gasteiger partial charge >= 0.3 is 0 Å².